The fourth-order valence-electron chi connectivity index (χ4n) is 3.37. The lowest BCUT2D eigenvalue weighted by atomic mass is 9.71. The summed E-state index contributed by atoms with van der Waals surface area (Å²) >= 11 is 0. The molecular weight excluding hydrogens is 308 g/mol. The Morgan fingerprint density at radius 2 is 2.00 bits per heavy atom. The molecule has 1 N–H and O–H groups in total. The molecule has 0 saturated carbocycles. The monoisotopic (exact) mass is 335 g/mol. The van der Waals surface area contributed by atoms with Crippen LogP contribution < -0.4 is 0 Å². The highest BCUT2D eigenvalue weighted by Gasteiger charge is 2.60. The van der Waals surface area contributed by atoms with Crippen LogP contribution >= 0.6 is 0 Å². The van der Waals surface area contributed by atoms with E-state index < -0.39 is 15.0 Å². The molecule has 127 valence electrons. The first-order chi connectivity index (χ1) is 10.6. The van der Waals surface area contributed by atoms with Crippen LogP contribution in [0, 0.1) is 5.41 Å². The third-order valence-electron chi connectivity index (χ3n) is 4.59. The Hall–Kier alpha value is -1.17. The lowest BCUT2D eigenvalue weighted by Gasteiger charge is -2.45. The van der Waals surface area contributed by atoms with Crippen LogP contribution in [0.2, 0.25) is 13.1 Å². The van der Waals surface area contributed by atoms with Crippen molar-refractivity contribution in [3.63, 3.8) is 0 Å². The quantitative estimate of drug-likeness (QED) is 0.622. The molecule has 4 nitrogen and oxygen atoms in total. The molecule has 0 aliphatic carbocycles. The standard InChI is InChI=1S/C18H27O4Si/c1-7-18(17(2,3)4,22-23(5)6)15-14(21-15)12-9-8-10-13(11-12)16(19)20/h8-11,14-15H,7H2,1-6H3,(H,19,20). The van der Waals surface area contributed by atoms with Crippen LogP contribution in [-0.2, 0) is 9.16 Å². The van der Waals surface area contributed by atoms with E-state index in [1.807, 2.05) is 6.07 Å². The van der Waals surface area contributed by atoms with Gasteiger partial charge in [-0.25, -0.2) is 4.79 Å². The molecular formula is C18H27O4Si. The summed E-state index contributed by atoms with van der Waals surface area (Å²) < 4.78 is 12.5. The molecule has 5 heteroatoms. The number of carbonyl (C=O) groups is 1. The largest absolute Gasteiger partial charge is 0.478 e. The minimum absolute atomic E-state index is 0.0311. The summed E-state index contributed by atoms with van der Waals surface area (Å²) in [5.74, 6) is -0.912. The second-order valence-corrected chi connectivity index (χ2v) is 9.43. The summed E-state index contributed by atoms with van der Waals surface area (Å²) in [5, 5.41) is 9.17. The molecule has 1 saturated heterocycles. The summed E-state index contributed by atoms with van der Waals surface area (Å²) in [6.07, 6.45) is 0.748. The van der Waals surface area contributed by atoms with E-state index in [0.29, 0.717) is 5.56 Å². The Morgan fingerprint density at radius 1 is 1.35 bits per heavy atom. The maximum Gasteiger partial charge on any atom is 0.335 e. The van der Waals surface area contributed by atoms with Gasteiger partial charge >= 0.3 is 5.97 Å². The van der Waals surface area contributed by atoms with Gasteiger partial charge in [-0.15, -0.1) is 0 Å². The fourth-order valence-corrected chi connectivity index (χ4v) is 4.67. The predicted molar refractivity (Wildman–Crippen MR) is 92.1 cm³/mol. The van der Waals surface area contributed by atoms with E-state index in [-0.39, 0.29) is 23.2 Å². The molecule has 2 rings (SSSR count). The van der Waals surface area contributed by atoms with E-state index in [4.69, 9.17) is 9.16 Å². The van der Waals surface area contributed by atoms with E-state index in [1.54, 1.807) is 18.2 Å². The SMILES string of the molecule is CCC(O[Si](C)C)(C1OC1c1cccc(C(=O)O)c1)C(C)(C)C. The third kappa shape index (κ3) is 3.52. The summed E-state index contributed by atoms with van der Waals surface area (Å²) in [4.78, 5) is 11.2. The van der Waals surface area contributed by atoms with Crippen LogP contribution in [0.5, 0.6) is 0 Å². The average molecular weight is 335 g/mol. The molecule has 1 aromatic rings. The maximum atomic E-state index is 11.2. The molecule has 1 aliphatic heterocycles. The number of aromatic carboxylic acids is 1. The number of hydrogen-bond donors (Lipinski definition) is 1. The fraction of sp³-hybridized carbons (Fsp3) is 0.611. The third-order valence-corrected chi connectivity index (χ3v) is 5.37. The molecule has 3 unspecified atom stereocenters. The van der Waals surface area contributed by atoms with Gasteiger partial charge in [-0.1, -0.05) is 39.8 Å². The van der Waals surface area contributed by atoms with Crippen molar-refractivity contribution in [2.45, 2.75) is 65.0 Å². The van der Waals surface area contributed by atoms with Crippen LogP contribution in [-0.4, -0.2) is 31.8 Å². The molecule has 1 aliphatic rings. The lowest BCUT2D eigenvalue weighted by molar-refractivity contribution is -0.0600. The summed E-state index contributed by atoms with van der Waals surface area (Å²) in [6.45, 7) is 13.0. The Labute approximate surface area is 140 Å². The normalized spacial score (nSPS) is 23.6. The van der Waals surface area contributed by atoms with Crippen molar-refractivity contribution in [1.82, 2.24) is 0 Å². The van der Waals surface area contributed by atoms with Gasteiger partial charge in [0.1, 0.15) is 12.2 Å². The molecule has 0 spiro atoms. The lowest BCUT2D eigenvalue weighted by Crippen LogP contribution is -2.52. The Bertz CT molecular complexity index is 579. The van der Waals surface area contributed by atoms with Crippen molar-refractivity contribution >= 4 is 15.0 Å². The summed E-state index contributed by atoms with van der Waals surface area (Å²) in [6, 6.07) is 7.03. The number of benzene rings is 1. The zero-order chi connectivity index (χ0) is 17.4. The second kappa shape index (κ2) is 6.38. The van der Waals surface area contributed by atoms with Gasteiger partial charge in [-0.2, -0.15) is 0 Å². The molecule has 0 aromatic heterocycles. The van der Waals surface area contributed by atoms with Crippen molar-refractivity contribution < 1.29 is 19.1 Å². The minimum atomic E-state index is -0.912. The van der Waals surface area contributed by atoms with Gasteiger partial charge in [0, 0.05) is 0 Å². The van der Waals surface area contributed by atoms with Gasteiger partial charge in [-0.3, -0.25) is 0 Å². The number of epoxide rings is 1. The van der Waals surface area contributed by atoms with Crippen LogP contribution in [0.1, 0.15) is 56.1 Å². The molecule has 0 amide bonds. The van der Waals surface area contributed by atoms with Gasteiger partial charge in [0.05, 0.1) is 11.2 Å². The van der Waals surface area contributed by atoms with E-state index in [2.05, 4.69) is 40.8 Å². The Kier molecular flexibility index (Phi) is 5.04. The number of carboxylic acids is 1. The van der Waals surface area contributed by atoms with Crippen LogP contribution in [0.4, 0.5) is 0 Å². The zero-order valence-electron chi connectivity index (χ0n) is 14.8. The van der Waals surface area contributed by atoms with E-state index >= 15 is 0 Å². The van der Waals surface area contributed by atoms with Gasteiger partial charge in [0.15, 0.2) is 0 Å². The molecule has 1 heterocycles. The minimum Gasteiger partial charge on any atom is -0.478 e. The predicted octanol–water partition coefficient (Wildman–Crippen LogP) is 4.29. The average Bonchev–Trinajstić information content (AvgIpc) is 3.24. The molecule has 1 aromatic carbocycles. The summed E-state index contributed by atoms with van der Waals surface area (Å²) in [7, 11) is -0.890. The highest BCUT2D eigenvalue weighted by atomic mass is 28.3. The molecule has 23 heavy (non-hydrogen) atoms. The molecule has 1 radical (unpaired) electrons. The Morgan fingerprint density at radius 3 is 2.48 bits per heavy atom. The highest BCUT2D eigenvalue weighted by molar-refractivity contribution is 6.48. The maximum absolute atomic E-state index is 11.2. The first-order valence-corrected chi connectivity index (χ1v) is 10.5. The highest BCUT2D eigenvalue weighted by Crippen LogP contribution is 2.54. The number of ether oxygens (including phenoxy) is 1. The van der Waals surface area contributed by atoms with Crippen LogP contribution in [0.15, 0.2) is 24.3 Å². The van der Waals surface area contributed by atoms with Gasteiger partial charge in [0.25, 0.3) is 0 Å². The van der Waals surface area contributed by atoms with Crippen LogP contribution in [0.3, 0.4) is 0 Å². The summed E-state index contributed by atoms with van der Waals surface area (Å²) in [5.41, 5.74) is 0.801. The van der Waals surface area contributed by atoms with E-state index in [1.165, 1.54) is 0 Å². The van der Waals surface area contributed by atoms with Gasteiger partial charge in [-0.05, 0) is 42.6 Å². The van der Waals surface area contributed by atoms with E-state index in [9.17, 15) is 9.90 Å². The van der Waals surface area contributed by atoms with Crippen molar-refractivity contribution in [3.05, 3.63) is 35.4 Å². The van der Waals surface area contributed by atoms with E-state index in [0.717, 1.165) is 12.0 Å². The van der Waals surface area contributed by atoms with Crippen molar-refractivity contribution in [2.75, 3.05) is 0 Å². The second-order valence-electron chi connectivity index (χ2n) is 7.41. The molecule has 1 fully saturated rings. The van der Waals surface area contributed by atoms with Crippen molar-refractivity contribution in [3.8, 4) is 0 Å². The molecule has 3 atom stereocenters. The Balaban J connectivity index is 2.31. The first-order valence-electron chi connectivity index (χ1n) is 8.10. The number of hydrogen-bond acceptors (Lipinski definition) is 3. The van der Waals surface area contributed by atoms with Gasteiger partial charge < -0.3 is 14.3 Å². The van der Waals surface area contributed by atoms with Crippen molar-refractivity contribution in [2.24, 2.45) is 5.41 Å². The smallest absolute Gasteiger partial charge is 0.335 e. The first kappa shape index (κ1) is 18.2. The van der Waals surface area contributed by atoms with Gasteiger partial charge in [0.2, 0.25) is 9.04 Å². The topological polar surface area (TPSA) is 59.1 Å². The van der Waals surface area contributed by atoms with Crippen LogP contribution in [0.25, 0.3) is 0 Å². The zero-order valence-corrected chi connectivity index (χ0v) is 15.8. The molecule has 0 bridgehead atoms. The van der Waals surface area contributed by atoms with Crippen molar-refractivity contribution in [1.29, 1.82) is 0 Å². The number of carboxylic acid groups (broad SMARTS) is 1. The number of rotatable bonds is 6.